The van der Waals surface area contributed by atoms with Crippen LogP contribution in [0.2, 0.25) is 5.02 Å². The van der Waals surface area contributed by atoms with Gasteiger partial charge in [0, 0.05) is 11.1 Å². The molecule has 0 aliphatic carbocycles. The van der Waals surface area contributed by atoms with Crippen LogP contribution in [-0.4, -0.2) is 26.5 Å². The smallest absolute Gasteiger partial charge is 0.426 e. The summed E-state index contributed by atoms with van der Waals surface area (Å²) in [5.41, 5.74) is 4.02. The van der Waals surface area contributed by atoms with Crippen LogP contribution in [0.1, 0.15) is 20.8 Å². The summed E-state index contributed by atoms with van der Waals surface area (Å²) >= 11 is 5.76. The second kappa shape index (κ2) is 7.79. The number of furan rings is 1. The maximum Gasteiger partial charge on any atom is 0.426 e. The van der Waals surface area contributed by atoms with Crippen LogP contribution < -0.4 is 10.9 Å². The highest BCUT2D eigenvalue weighted by Gasteiger charge is 2.21. The summed E-state index contributed by atoms with van der Waals surface area (Å²) in [6.45, 7) is 5.19. The zero-order valence-corrected chi connectivity index (χ0v) is 15.9. The molecule has 1 heterocycles. The lowest BCUT2D eigenvalue weighted by Crippen LogP contribution is -2.40. The number of amides is 1. The highest BCUT2D eigenvalue weighted by Crippen LogP contribution is 2.26. The lowest BCUT2D eigenvalue weighted by atomic mass is 10.2. The number of carbonyl (C=O) groups excluding carboxylic acids is 1. The molecular formula is C16H18ClN3O5S. The van der Waals surface area contributed by atoms with Gasteiger partial charge in [-0.15, -0.1) is 0 Å². The maximum absolute atomic E-state index is 12.4. The fraction of sp³-hybridized carbons (Fsp3) is 0.250. The number of aliphatic imine (C=N–C) groups is 1. The van der Waals surface area contributed by atoms with Gasteiger partial charge in [0.1, 0.15) is 11.9 Å². The third-order valence-electron chi connectivity index (χ3n) is 2.79. The van der Waals surface area contributed by atoms with Gasteiger partial charge in [0.05, 0.1) is 4.90 Å². The number of halogens is 1. The molecule has 8 nitrogen and oxygen atoms in total. The highest BCUT2D eigenvalue weighted by atomic mass is 35.5. The van der Waals surface area contributed by atoms with Gasteiger partial charge in [-0.2, -0.15) is 0 Å². The molecule has 0 saturated heterocycles. The molecule has 0 spiro atoms. The quantitative estimate of drug-likeness (QED) is 0.452. The van der Waals surface area contributed by atoms with Gasteiger partial charge in [-0.25, -0.2) is 23.6 Å². The fourth-order valence-electron chi connectivity index (χ4n) is 1.74. The van der Waals surface area contributed by atoms with Crippen LogP contribution in [-0.2, 0) is 14.6 Å². The largest absolute Gasteiger partial charge is 0.443 e. The Bertz CT molecular complexity index is 899. The number of rotatable bonds is 5. The summed E-state index contributed by atoms with van der Waals surface area (Å²) in [7, 11) is -3.81. The van der Waals surface area contributed by atoms with Crippen molar-refractivity contribution < 1.29 is 22.4 Å². The van der Waals surface area contributed by atoms with E-state index in [9.17, 15) is 13.2 Å². The van der Waals surface area contributed by atoms with Gasteiger partial charge in [-0.1, -0.05) is 11.6 Å². The Morgan fingerprint density at radius 1 is 1.19 bits per heavy atom. The van der Waals surface area contributed by atoms with Gasteiger partial charge in [-0.3, -0.25) is 5.43 Å². The zero-order chi connectivity index (χ0) is 19.4. The Morgan fingerprint density at radius 2 is 1.85 bits per heavy atom. The Balaban J connectivity index is 1.99. The number of benzene rings is 1. The lowest BCUT2D eigenvalue weighted by molar-refractivity contribution is 0.0514. The SMILES string of the molecule is CC(C)(C)OC(=O)NNC=Nc1ccc(S(=O)(=O)c2ccc(Cl)cc2)o1. The van der Waals surface area contributed by atoms with Gasteiger partial charge < -0.3 is 9.15 Å². The average molecular weight is 400 g/mol. The van der Waals surface area contributed by atoms with E-state index in [4.69, 9.17) is 20.8 Å². The van der Waals surface area contributed by atoms with Gasteiger partial charge >= 0.3 is 6.09 Å². The molecule has 0 saturated carbocycles. The van der Waals surface area contributed by atoms with Crippen LogP contribution in [0.5, 0.6) is 0 Å². The number of hydrogen-bond donors (Lipinski definition) is 2. The Kier molecular flexibility index (Phi) is 5.94. The van der Waals surface area contributed by atoms with Crippen LogP contribution in [0.3, 0.4) is 0 Å². The van der Waals surface area contributed by atoms with Crippen molar-refractivity contribution in [2.24, 2.45) is 4.99 Å². The molecular weight excluding hydrogens is 382 g/mol. The van der Waals surface area contributed by atoms with Gasteiger partial charge in [-0.05, 0) is 51.1 Å². The van der Waals surface area contributed by atoms with E-state index in [1.807, 2.05) is 0 Å². The molecule has 0 unspecified atom stereocenters. The van der Waals surface area contributed by atoms with E-state index in [0.29, 0.717) is 5.02 Å². The molecule has 140 valence electrons. The molecule has 2 N–H and O–H groups in total. The Hall–Kier alpha value is -2.52. The van der Waals surface area contributed by atoms with Crippen molar-refractivity contribution in [2.45, 2.75) is 36.4 Å². The van der Waals surface area contributed by atoms with Crippen molar-refractivity contribution in [3.63, 3.8) is 0 Å². The van der Waals surface area contributed by atoms with E-state index >= 15 is 0 Å². The van der Waals surface area contributed by atoms with E-state index in [1.54, 1.807) is 20.8 Å². The standard InChI is InChI=1S/C16H18ClN3O5S/c1-16(2,3)25-15(21)20-19-10-18-13-8-9-14(24-13)26(22,23)12-6-4-11(17)5-7-12/h4-10H,1-3H3,(H,18,19)(H,20,21). The number of sulfone groups is 1. The number of nitrogens with one attached hydrogen (secondary N) is 2. The first-order valence-electron chi connectivity index (χ1n) is 7.45. The van der Waals surface area contributed by atoms with Crippen molar-refractivity contribution in [1.29, 1.82) is 0 Å². The van der Waals surface area contributed by atoms with E-state index in [1.165, 1.54) is 36.4 Å². The molecule has 0 fully saturated rings. The summed E-state index contributed by atoms with van der Waals surface area (Å²) in [4.78, 5) is 15.3. The number of hydrogen-bond acceptors (Lipinski definition) is 6. The van der Waals surface area contributed by atoms with Crippen molar-refractivity contribution in [3.8, 4) is 0 Å². The molecule has 10 heteroatoms. The highest BCUT2D eigenvalue weighted by molar-refractivity contribution is 7.91. The van der Waals surface area contributed by atoms with Crippen LogP contribution >= 0.6 is 11.6 Å². The number of hydrazine groups is 1. The second-order valence-corrected chi connectivity index (χ2v) is 8.40. The molecule has 0 radical (unpaired) electrons. The van der Waals surface area contributed by atoms with Crippen molar-refractivity contribution in [1.82, 2.24) is 10.9 Å². The lowest BCUT2D eigenvalue weighted by Gasteiger charge is -2.19. The monoisotopic (exact) mass is 399 g/mol. The molecule has 2 aromatic rings. The third kappa shape index (κ3) is 5.50. The molecule has 0 atom stereocenters. The van der Waals surface area contributed by atoms with Crippen LogP contribution in [0, 0.1) is 0 Å². The van der Waals surface area contributed by atoms with E-state index in [-0.39, 0.29) is 15.9 Å². The van der Waals surface area contributed by atoms with Gasteiger partial charge in [0.15, 0.2) is 0 Å². The summed E-state index contributed by atoms with van der Waals surface area (Å²) in [6.07, 6.45) is 0.441. The topological polar surface area (TPSA) is 110 Å². The van der Waals surface area contributed by atoms with Crippen LogP contribution in [0.15, 0.2) is 55.8 Å². The van der Waals surface area contributed by atoms with Crippen molar-refractivity contribution in [3.05, 3.63) is 41.4 Å². The maximum atomic E-state index is 12.4. The number of ether oxygens (including phenoxy) is 1. The summed E-state index contributed by atoms with van der Waals surface area (Å²) in [5, 5.41) is 0.171. The Labute approximate surface area is 156 Å². The predicted molar refractivity (Wildman–Crippen MR) is 96.3 cm³/mol. The van der Waals surface area contributed by atoms with Crippen LogP contribution in [0.4, 0.5) is 10.7 Å². The summed E-state index contributed by atoms with van der Waals surface area (Å²) in [6, 6.07) is 8.39. The molecule has 0 aliphatic rings. The third-order valence-corrected chi connectivity index (χ3v) is 4.68. The minimum Gasteiger partial charge on any atom is -0.443 e. The normalized spacial score (nSPS) is 12.2. The molecule has 26 heavy (non-hydrogen) atoms. The fourth-order valence-corrected chi connectivity index (χ4v) is 3.04. The van der Waals surface area contributed by atoms with E-state index in [2.05, 4.69) is 15.8 Å². The minimum absolute atomic E-state index is 0.0380. The van der Waals surface area contributed by atoms with E-state index < -0.39 is 21.5 Å². The second-order valence-electron chi connectivity index (χ2n) is 6.08. The first kappa shape index (κ1) is 19.8. The summed E-state index contributed by atoms with van der Waals surface area (Å²) in [5.74, 6) is 0.0380. The molecule has 0 aliphatic heterocycles. The average Bonchev–Trinajstić information content (AvgIpc) is 3.00. The molecule has 1 aromatic heterocycles. The minimum atomic E-state index is -3.81. The number of carbonyl (C=O) groups is 1. The van der Waals surface area contributed by atoms with Crippen molar-refractivity contribution >= 4 is 39.8 Å². The Morgan fingerprint density at radius 3 is 2.46 bits per heavy atom. The molecule has 1 aromatic carbocycles. The molecule has 1 amide bonds. The summed E-state index contributed by atoms with van der Waals surface area (Å²) < 4.78 is 35.1. The molecule has 2 rings (SSSR count). The van der Waals surface area contributed by atoms with Gasteiger partial charge in [0.25, 0.3) is 0 Å². The number of nitrogens with zero attached hydrogens (tertiary/aromatic N) is 1. The van der Waals surface area contributed by atoms with E-state index in [0.717, 1.165) is 6.34 Å². The first-order chi connectivity index (χ1) is 12.1. The van der Waals surface area contributed by atoms with Gasteiger partial charge in [0.2, 0.25) is 20.8 Å². The molecule has 0 bridgehead atoms. The van der Waals surface area contributed by atoms with Crippen molar-refractivity contribution in [2.75, 3.05) is 0 Å². The first-order valence-corrected chi connectivity index (χ1v) is 9.31. The van der Waals surface area contributed by atoms with Crippen LogP contribution in [0.25, 0.3) is 0 Å². The zero-order valence-electron chi connectivity index (χ0n) is 14.3. The predicted octanol–water partition coefficient (Wildman–Crippen LogP) is 3.45.